The number of hydrogen-bond acceptors (Lipinski definition) is 1. The van der Waals surface area contributed by atoms with Crippen molar-refractivity contribution in [2.45, 2.75) is 38.7 Å². The van der Waals surface area contributed by atoms with Crippen molar-refractivity contribution in [3.05, 3.63) is 91.0 Å². The molecular weight excluding hydrogens is 380 g/mol. The van der Waals surface area contributed by atoms with Crippen LogP contribution in [-0.2, 0) is 4.79 Å². The van der Waals surface area contributed by atoms with Gasteiger partial charge >= 0.3 is 0 Å². The molecule has 2 saturated carbocycles. The maximum absolute atomic E-state index is 14.1. The van der Waals surface area contributed by atoms with Crippen molar-refractivity contribution in [3.63, 3.8) is 0 Å². The van der Waals surface area contributed by atoms with Gasteiger partial charge in [-0.2, -0.15) is 0 Å². The molecule has 0 unspecified atom stereocenters. The van der Waals surface area contributed by atoms with Gasteiger partial charge in [0, 0.05) is 11.5 Å². The van der Waals surface area contributed by atoms with Crippen LogP contribution in [0.4, 0.5) is 0 Å². The fraction of sp³-hybridized carbons (Fsp3) is 0.321. The first kappa shape index (κ1) is 19.5. The Labute approximate surface area is 181 Å². The zero-order chi connectivity index (χ0) is 20.8. The molecule has 0 aliphatic heterocycles. The number of hydrogen-bond donors (Lipinski definition) is 0. The molecular formula is C28H30OSi. The molecule has 2 aliphatic rings. The van der Waals surface area contributed by atoms with E-state index < -0.39 is 8.07 Å². The van der Waals surface area contributed by atoms with Crippen LogP contribution < -0.4 is 15.6 Å². The lowest BCUT2D eigenvalue weighted by Gasteiger charge is -2.57. The highest BCUT2D eigenvalue weighted by atomic mass is 28.3. The Hall–Kier alpha value is -2.45. The van der Waals surface area contributed by atoms with Crippen LogP contribution in [0, 0.1) is 17.3 Å². The second-order valence-corrected chi connectivity index (χ2v) is 13.9. The van der Waals surface area contributed by atoms with Crippen LogP contribution >= 0.6 is 0 Å². The number of fused-ring (bicyclic) bond motifs is 1. The lowest BCUT2D eigenvalue weighted by molar-refractivity contribution is -0.141. The van der Waals surface area contributed by atoms with E-state index in [4.69, 9.17) is 0 Å². The quantitative estimate of drug-likeness (QED) is 0.455. The standard InChI is InChI=1S/C28H30OSi/c1-28(2)20-24-25(28)18-19-26(27(24)29)30(21-12-6-3-7-13-21,22-14-8-4-9-15-22)23-16-10-5-11-17-23/h3-17,24-26H,18-20H2,1-2H3/t24-,25+,26-/m1/s1. The van der Waals surface area contributed by atoms with Crippen LogP contribution in [0.25, 0.3) is 0 Å². The van der Waals surface area contributed by atoms with Crippen molar-refractivity contribution in [1.29, 1.82) is 0 Å². The third kappa shape index (κ3) is 2.85. The van der Waals surface area contributed by atoms with Gasteiger partial charge in [0.2, 0.25) is 0 Å². The Bertz CT molecular complexity index is 929. The summed E-state index contributed by atoms with van der Waals surface area (Å²) in [6, 6.07) is 32.8. The topological polar surface area (TPSA) is 17.1 Å². The van der Waals surface area contributed by atoms with E-state index in [1.54, 1.807) is 0 Å². The first-order valence-electron chi connectivity index (χ1n) is 11.3. The van der Waals surface area contributed by atoms with Crippen LogP contribution in [0.5, 0.6) is 0 Å². The molecule has 0 radical (unpaired) electrons. The van der Waals surface area contributed by atoms with Crippen LogP contribution in [0.2, 0.25) is 5.54 Å². The number of carbonyl (C=O) groups excluding carboxylic acids is 1. The zero-order valence-electron chi connectivity index (χ0n) is 17.9. The predicted molar refractivity (Wildman–Crippen MR) is 127 cm³/mol. The van der Waals surface area contributed by atoms with E-state index in [0.717, 1.165) is 12.8 Å². The first-order chi connectivity index (χ1) is 14.5. The molecule has 0 saturated heterocycles. The molecule has 0 heterocycles. The SMILES string of the molecule is CC1(C)C[C@H]2C(=O)[C@H]([Si](c3ccccc3)(c3ccccc3)c3ccccc3)CC[C@@H]21. The maximum Gasteiger partial charge on any atom is 0.158 e. The van der Waals surface area contributed by atoms with E-state index in [9.17, 15) is 4.79 Å². The summed E-state index contributed by atoms with van der Waals surface area (Å²) >= 11 is 0. The van der Waals surface area contributed by atoms with Crippen molar-refractivity contribution in [2.75, 3.05) is 0 Å². The Kier molecular flexibility index (Phi) is 4.78. The zero-order valence-corrected chi connectivity index (χ0v) is 18.9. The van der Waals surface area contributed by atoms with Crippen molar-refractivity contribution >= 4 is 29.4 Å². The number of ketones is 1. The van der Waals surface area contributed by atoms with Crippen molar-refractivity contribution < 1.29 is 4.79 Å². The summed E-state index contributed by atoms with van der Waals surface area (Å²) in [6.45, 7) is 4.69. The van der Waals surface area contributed by atoms with Gasteiger partial charge in [-0.1, -0.05) is 105 Å². The molecule has 30 heavy (non-hydrogen) atoms. The molecule has 2 heteroatoms. The van der Waals surface area contributed by atoms with Gasteiger partial charge in [0.1, 0.15) is 5.78 Å². The molecule has 0 bridgehead atoms. The summed E-state index contributed by atoms with van der Waals surface area (Å²) in [7, 11) is -2.52. The predicted octanol–water partition coefficient (Wildman–Crippen LogP) is 4.55. The molecule has 152 valence electrons. The van der Waals surface area contributed by atoms with Crippen LogP contribution in [0.1, 0.15) is 33.1 Å². The summed E-state index contributed by atoms with van der Waals surface area (Å²) < 4.78 is 0. The molecule has 3 aromatic carbocycles. The van der Waals surface area contributed by atoms with Gasteiger partial charge in [0.05, 0.1) is 0 Å². The molecule has 2 fully saturated rings. The number of rotatable bonds is 4. The number of carbonyl (C=O) groups is 1. The summed E-state index contributed by atoms with van der Waals surface area (Å²) in [4.78, 5) is 14.1. The van der Waals surface area contributed by atoms with Crippen molar-refractivity contribution in [1.82, 2.24) is 0 Å². The van der Waals surface area contributed by atoms with E-state index in [1.165, 1.54) is 22.0 Å². The smallest absolute Gasteiger partial charge is 0.158 e. The van der Waals surface area contributed by atoms with Gasteiger partial charge < -0.3 is 0 Å². The van der Waals surface area contributed by atoms with Gasteiger partial charge in [-0.15, -0.1) is 0 Å². The van der Waals surface area contributed by atoms with Gasteiger partial charge in [0.15, 0.2) is 8.07 Å². The third-order valence-electron chi connectivity index (χ3n) is 7.92. The highest BCUT2D eigenvalue weighted by Gasteiger charge is 2.59. The molecule has 3 aromatic rings. The van der Waals surface area contributed by atoms with Crippen molar-refractivity contribution in [2.24, 2.45) is 17.3 Å². The maximum atomic E-state index is 14.1. The minimum absolute atomic E-state index is 0.0991. The van der Waals surface area contributed by atoms with Gasteiger partial charge in [0.25, 0.3) is 0 Å². The molecule has 0 spiro atoms. The summed E-state index contributed by atoms with van der Waals surface area (Å²) in [5.74, 6) is 1.35. The Morgan fingerprint density at radius 1 is 0.700 bits per heavy atom. The summed E-state index contributed by atoms with van der Waals surface area (Å²) in [5.41, 5.74) is 0.420. The Morgan fingerprint density at radius 2 is 1.13 bits per heavy atom. The van der Waals surface area contributed by atoms with Gasteiger partial charge in [-0.05, 0) is 46.2 Å². The van der Waals surface area contributed by atoms with E-state index in [-0.39, 0.29) is 11.5 Å². The van der Waals surface area contributed by atoms with E-state index in [1.807, 2.05) is 0 Å². The fourth-order valence-corrected chi connectivity index (χ4v) is 12.1. The highest BCUT2D eigenvalue weighted by Crippen LogP contribution is 2.58. The molecule has 2 aliphatic carbocycles. The second kappa shape index (κ2) is 7.35. The lowest BCUT2D eigenvalue weighted by atomic mass is 9.50. The highest BCUT2D eigenvalue weighted by molar-refractivity contribution is 7.14. The molecule has 0 aromatic heterocycles. The largest absolute Gasteiger partial charge is 0.299 e. The normalized spacial score (nSPS) is 25.3. The summed E-state index contributed by atoms with van der Waals surface area (Å²) in [5, 5.41) is 4.08. The monoisotopic (exact) mass is 410 g/mol. The third-order valence-corrected chi connectivity index (χ3v) is 13.3. The fourth-order valence-electron chi connectivity index (χ4n) is 6.52. The van der Waals surface area contributed by atoms with E-state index in [2.05, 4.69) is 105 Å². The minimum Gasteiger partial charge on any atom is -0.299 e. The molecule has 5 rings (SSSR count). The molecule has 0 N–H and O–H groups in total. The van der Waals surface area contributed by atoms with Crippen molar-refractivity contribution in [3.8, 4) is 0 Å². The molecule has 3 atom stereocenters. The average molecular weight is 411 g/mol. The number of Topliss-reactive ketones (excluding diaryl/α,β-unsaturated/α-hetero) is 1. The van der Waals surface area contributed by atoms with Crippen LogP contribution in [0.15, 0.2) is 91.0 Å². The van der Waals surface area contributed by atoms with Gasteiger partial charge in [-0.3, -0.25) is 4.79 Å². The summed E-state index contributed by atoms with van der Waals surface area (Å²) in [6.07, 6.45) is 3.24. The number of benzene rings is 3. The minimum atomic E-state index is -2.52. The average Bonchev–Trinajstić information content (AvgIpc) is 2.78. The second-order valence-electron chi connectivity index (χ2n) is 9.84. The van der Waals surface area contributed by atoms with Crippen LogP contribution in [0.3, 0.4) is 0 Å². The Balaban J connectivity index is 1.74. The first-order valence-corrected chi connectivity index (χ1v) is 13.3. The van der Waals surface area contributed by atoms with E-state index in [0.29, 0.717) is 17.1 Å². The van der Waals surface area contributed by atoms with E-state index >= 15 is 0 Å². The van der Waals surface area contributed by atoms with Gasteiger partial charge in [-0.25, -0.2) is 0 Å². The lowest BCUT2D eigenvalue weighted by Crippen LogP contribution is -2.73. The van der Waals surface area contributed by atoms with Crippen LogP contribution in [-0.4, -0.2) is 13.9 Å². The molecule has 0 amide bonds. The molecule has 1 nitrogen and oxygen atoms in total. The Morgan fingerprint density at radius 3 is 1.53 bits per heavy atom.